The van der Waals surface area contributed by atoms with Crippen LogP contribution in [0, 0.1) is 0 Å². The van der Waals surface area contributed by atoms with Crippen molar-refractivity contribution >= 4 is 38.0 Å². The van der Waals surface area contributed by atoms with Gasteiger partial charge in [-0.15, -0.1) is 0 Å². The van der Waals surface area contributed by atoms with Gasteiger partial charge in [0.1, 0.15) is 5.65 Å². The van der Waals surface area contributed by atoms with Gasteiger partial charge in [-0.3, -0.25) is 4.40 Å². The number of benzene rings is 7. The Morgan fingerprint density at radius 3 is 1.60 bits per heavy atom. The second-order valence-corrected chi connectivity index (χ2v) is 11.6. The van der Waals surface area contributed by atoms with Crippen molar-refractivity contribution in [2.24, 2.45) is 0 Å². The van der Waals surface area contributed by atoms with Crippen LogP contribution < -0.4 is 0 Å². The van der Waals surface area contributed by atoms with Gasteiger partial charge < -0.3 is 0 Å². The number of aromatic nitrogens is 2. The number of rotatable bonds is 4. The molecule has 2 heteroatoms. The van der Waals surface area contributed by atoms with E-state index in [1.54, 1.807) is 0 Å². The first-order chi connectivity index (χ1) is 22.3. The number of imidazole rings is 1. The molecule has 7 aromatic carbocycles. The third-order valence-corrected chi connectivity index (χ3v) is 8.99. The van der Waals surface area contributed by atoms with Crippen molar-refractivity contribution in [3.8, 4) is 44.8 Å². The third-order valence-electron chi connectivity index (χ3n) is 8.99. The Kier molecular flexibility index (Phi) is 5.85. The summed E-state index contributed by atoms with van der Waals surface area (Å²) in [5.74, 6) is 0. The van der Waals surface area contributed by atoms with Crippen LogP contribution >= 0.6 is 0 Å². The largest absolute Gasteiger partial charge is 0.299 e. The molecule has 0 radical (unpaired) electrons. The van der Waals surface area contributed by atoms with Gasteiger partial charge in [-0.1, -0.05) is 146 Å². The summed E-state index contributed by atoms with van der Waals surface area (Å²) in [6, 6.07) is 58.8. The molecule has 210 valence electrons. The van der Waals surface area contributed by atoms with E-state index in [1.165, 1.54) is 54.6 Å². The highest BCUT2D eigenvalue weighted by atomic mass is 15.0. The minimum atomic E-state index is 0.941. The summed E-state index contributed by atoms with van der Waals surface area (Å²) in [5, 5.41) is 7.54. The Bertz CT molecular complexity index is 2470. The number of nitrogens with zero attached hydrogens (tertiary/aromatic N) is 2. The van der Waals surface area contributed by atoms with Crippen molar-refractivity contribution in [1.82, 2.24) is 9.38 Å². The number of hydrogen-bond donors (Lipinski definition) is 0. The van der Waals surface area contributed by atoms with Crippen LogP contribution in [0.1, 0.15) is 0 Å². The Morgan fingerprint density at radius 2 is 0.911 bits per heavy atom. The molecule has 9 rings (SSSR count). The van der Waals surface area contributed by atoms with Crippen molar-refractivity contribution in [2.75, 3.05) is 0 Å². The Hall–Kier alpha value is -5.99. The minimum absolute atomic E-state index is 0.941. The second kappa shape index (κ2) is 10.3. The first-order valence-corrected chi connectivity index (χ1v) is 15.4. The number of hydrogen-bond acceptors (Lipinski definition) is 1. The normalized spacial score (nSPS) is 11.6. The maximum atomic E-state index is 5.09. The zero-order valence-electron chi connectivity index (χ0n) is 24.6. The molecule has 2 heterocycles. The van der Waals surface area contributed by atoms with E-state index in [9.17, 15) is 0 Å². The van der Waals surface area contributed by atoms with E-state index in [4.69, 9.17) is 4.98 Å². The van der Waals surface area contributed by atoms with Crippen LogP contribution in [-0.2, 0) is 0 Å². The molecule has 0 aliphatic heterocycles. The fourth-order valence-electron chi connectivity index (χ4n) is 6.96. The van der Waals surface area contributed by atoms with Crippen molar-refractivity contribution in [2.45, 2.75) is 0 Å². The average molecular weight is 573 g/mol. The molecule has 0 unspecified atom stereocenters. The molecule has 0 atom stereocenters. The minimum Gasteiger partial charge on any atom is -0.299 e. The maximum Gasteiger partial charge on any atom is 0.137 e. The zero-order chi connectivity index (χ0) is 29.7. The van der Waals surface area contributed by atoms with Crippen LogP contribution in [0.3, 0.4) is 0 Å². The molecule has 0 saturated carbocycles. The Morgan fingerprint density at radius 1 is 0.378 bits per heavy atom. The fraction of sp³-hybridized carbons (Fsp3) is 0. The van der Waals surface area contributed by atoms with Gasteiger partial charge in [0.05, 0.1) is 11.4 Å². The van der Waals surface area contributed by atoms with Crippen LogP contribution in [0.25, 0.3) is 82.7 Å². The number of pyridine rings is 1. The van der Waals surface area contributed by atoms with Crippen molar-refractivity contribution in [1.29, 1.82) is 0 Å². The standard InChI is InChI=1S/C43H28N2/c1-2-13-32(14-3-1)43-42(44-39-20-10-11-27-45(39)43)31-24-22-30(23-25-31)40-35-16-6-8-18-37(35)41(38-19-9-7-17-36(38)40)34-26-21-29-12-4-5-15-33(29)28-34/h1-28H. The van der Waals surface area contributed by atoms with Gasteiger partial charge in [0.2, 0.25) is 0 Å². The molecule has 45 heavy (non-hydrogen) atoms. The van der Waals surface area contributed by atoms with Gasteiger partial charge in [0.15, 0.2) is 0 Å². The molecule has 9 aromatic rings. The van der Waals surface area contributed by atoms with Crippen LogP contribution in [0.2, 0.25) is 0 Å². The summed E-state index contributed by atoms with van der Waals surface area (Å²) in [5.41, 5.74) is 10.3. The van der Waals surface area contributed by atoms with E-state index >= 15 is 0 Å². The zero-order valence-corrected chi connectivity index (χ0v) is 24.6. The lowest BCUT2D eigenvalue weighted by atomic mass is 9.85. The second-order valence-electron chi connectivity index (χ2n) is 11.6. The molecule has 0 aliphatic rings. The molecule has 0 bridgehead atoms. The number of fused-ring (bicyclic) bond motifs is 4. The first kappa shape index (κ1) is 25.5. The summed E-state index contributed by atoms with van der Waals surface area (Å²) in [6.45, 7) is 0. The first-order valence-electron chi connectivity index (χ1n) is 15.4. The lowest BCUT2D eigenvalue weighted by Gasteiger charge is -2.18. The molecule has 0 N–H and O–H groups in total. The lowest BCUT2D eigenvalue weighted by molar-refractivity contribution is 1.19. The van der Waals surface area contributed by atoms with Gasteiger partial charge in [-0.05, 0) is 72.8 Å². The molecule has 0 aliphatic carbocycles. The molecule has 2 aromatic heterocycles. The monoisotopic (exact) mass is 572 g/mol. The highest BCUT2D eigenvalue weighted by Gasteiger charge is 2.19. The van der Waals surface area contributed by atoms with E-state index in [1.807, 2.05) is 6.07 Å². The summed E-state index contributed by atoms with van der Waals surface area (Å²) in [6.07, 6.45) is 2.10. The summed E-state index contributed by atoms with van der Waals surface area (Å²) in [7, 11) is 0. The predicted molar refractivity (Wildman–Crippen MR) is 189 cm³/mol. The summed E-state index contributed by atoms with van der Waals surface area (Å²) in [4.78, 5) is 5.09. The maximum absolute atomic E-state index is 5.09. The topological polar surface area (TPSA) is 17.3 Å². The van der Waals surface area contributed by atoms with Crippen molar-refractivity contribution in [3.05, 3.63) is 170 Å². The molecule has 0 amide bonds. The van der Waals surface area contributed by atoms with Gasteiger partial charge in [-0.2, -0.15) is 0 Å². The molecular weight excluding hydrogens is 544 g/mol. The molecule has 0 spiro atoms. The predicted octanol–water partition coefficient (Wildman–Crippen LogP) is 11.5. The third kappa shape index (κ3) is 4.15. The van der Waals surface area contributed by atoms with Gasteiger partial charge in [0, 0.05) is 17.3 Å². The van der Waals surface area contributed by atoms with E-state index in [-0.39, 0.29) is 0 Å². The van der Waals surface area contributed by atoms with Crippen LogP contribution in [0.4, 0.5) is 0 Å². The van der Waals surface area contributed by atoms with Crippen molar-refractivity contribution < 1.29 is 0 Å². The van der Waals surface area contributed by atoms with Gasteiger partial charge >= 0.3 is 0 Å². The SMILES string of the molecule is c1ccc(-c2c(-c3ccc(-c4c5ccccc5c(-c5ccc6ccccc6c5)c5ccccc45)cc3)nc3ccccn23)cc1. The summed E-state index contributed by atoms with van der Waals surface area (Å²) >= 11 is 0. The smallest absolute Gasteiger partial charge is 0.137 e. The average Bonchev–Trinajstić information content (AvgIpc) is 3.50. The van der Waals surface area contributed by atoms with E-state index in [2.05, 4.69) is 168 Å². The van der Waals surface area contributed by atoms with Gasteiger partial charge in [0.25, 0.3) is 0 Å². The van der Waals surface area contributed by atoms with E-state index < -0.39 is 0 Å². The molecular formula is C43H28N2. The molecule has 2 nitrogen and oxygen atoms in total. The quantitative estimate of drug-likeness (QED) is 0.192. The van der Waals surface area contributed by atoms with Crippen LogP contribution in [0.5, 0.6) is 0 Å². The summed E-state index contributed by atoms with van der Waals surface area (Å²) < 4.78 is 2.19. The van der Waals surface area contributed by atoms with Gasteiger partial charge in [-0.25, -0.2) is 4.98 Å². The molecule has 0 fully saturated rings. The highest BCUT2D eigenvalue weighted by molar-refractivity contribution is 6.21. The fourth-order valence-corrected chi connectivity index (χ4v) is 6.96. The lowest BCUT2D eigenvalue weighted by Crippen LogP contribution is -1.91. The Labute approximate surface area is 261 Å². The van der Waals surface area contributed by atoms with Crippen molar-refractivity contribution in [3.63, 3.8) is 0 Å². The van der Waals surface area contributed by atoms with Crippen LogP contribution in [-0.4, -0.2) is 9.38 Å². The highest BCUT2D eigenvalue weighted by Crippen LogP contribution is 2.44. The van der Waals surface area contributed by atoms with Crippen LogP contribution in [0.15, 0.2) is 170 Å². The van der Waals surface area contributed by atoms with E-state index in [0.717, 1.165) is 28.2 Å². The molecule has 0 saturated heterocycles. The Balaban J connectivity index is 1.25. The van der Waals surface area contributed by atoms with E-state index in [0.29, 0.717) is 0 Å².